The van der Waals surface area contributed by atoms with Crippen molar-refractivity contribution in [1.82, 2.24) is 5.16 Å². The minimum absolute atomic E-state index is 0.178. The van der Waals surface area contributed by atoms with E-state index in [9.17, 15) is 4.39 Å². The molecule has 1 unspecified atom stereocenters. The number of nitrogens with zero attached hydrogens (tertiary/aromatic N) is 1. The Morgan fingerprint density at radius 2 is 2.25 bits per heavy atom. The topological polar surface area (TPSA) is 46.3 Å². The Hall–Kier alpha value is -0.900. The molecule has 12 heavy (non-hydrogen) atoms. The van der Waals surface area contributed by atoms with E-state index in [4.69, 9.17) is 9.63 Å². The molecule has 4 heteroatoms. The molecule has 0 radical (unpaired) electrons. The average molecular weight is 173 g/mol. The number of halogens is 1. The maximum atomic E-state index is 12.7. The smallest absolute Gasteiger partial charge is 0.137 e. The molecule has 3 nitrogen and oxygen atoms in total. The monoisotopic (exact) mass is 173 g/mol. The number of aryl methyl sites for hydroxylation is 2. The number of aromatic nitrogens is 1. The van der Waals surface area contributed by atoms with Crippen molar-refractivity contribution in [3.63, 3.8) is 0 Å². The van der Waals surface area contributed by atoms with Gasteiger partial charge in [0.2, 0.25) is 0 Å². The first-order valence-corrected chi connectivity index (χ1v) is 3.81. The molecule has 0 aliphatic rings. The third-order valence-corrected chi connectivity index (χ3v) is 1.80. The summed E-state index contributed by atoms with van der Waals surface area (Å²) in [5, 5.41) is 12.2. The predicted molar refractivity (Wildman–Crippen MR) is 41.7 cm³/mol. The molecule has 0 amide bonds. The zero-order chi connectivity index (χ0) is 9.14. The van der Waals surface area contributed by atoms with Gasteiger partial charge in [0, 0.05) is 12.0 Å². The quantitative estimate of drug-likeness (QED) is 0.746. The minimum atomic E-state index is -1.22. The van der Waals surface area contributed by atoms with Crippen LogP contribution in [-0.2, 0) is 6.42 Å². The third-order valence-electron chi connectivity index (χ3n) is 1.80. The normalized spacial score (nSPS) is 13.3. The van der Waals surface area contributed by atoms with Crippen molar-refractivity contribution in [1.29, 1.82) is 0 Å². The van der Waals surface area contributed by atoms with Crippen LogP contribution in [0.1, 0.15) is 17.0 Å². The number of alkyl halides is 1. The van der Waals surface area contributed by atoms with Crippen LogP contribution in [0, 0.1) is 13.8 Å². The highest BCUT2D eigenvalue weighted by Gasteiger charge is 2.14. The van der Waals surface area contributed by atoms with Gasteiger partial charge >= 0.3 is 0 Å². The largest absolute Gasteiger partial charge is 0.393 e. The molecule has 1 N–H and O–H groups in total. The fourth-order valence-corrected chi connectivity index (χ4v) is 1.08. The van der Waals surface area contributed by atoms with Crippen molar-refractivity contribution in [2.45, 2.75) is 26.4 Å². The standard InChI is InChI=1S/C8H12FNO2/c1-5-8(3-7(9)4-11)6(2)12-10-5/h7,11H,3-4H2,1-2H3. The second-order valence-corrected chi connectivity index (χ2v) is 2.79. The predicted octanol–water partition coefficient (Wildman–Crippen LogP) is 1.16. The molecule has 0 saturated carbocycles. The van der Waals surface area contributed by atoms with E-state index in [1.54, 1.807) is 13.8 Å². The molecule has 0 saturated heterocycles. The van der Waals surface area contributed by atoms with Gasteiger partial charge < -0.3 is 9.63 Å². The maximum Gasteiger partial charge on any atom is 0.137 e. The van der Waals surface area contributed by atoms with Gasteiger partial charge in [-0.2, -0.15) is 0 Å². The van der Waals surface area contributed by atoms with Gasteiger partial charge in [0.25, 0.3) is 0 Å². The van der Waals surface area contributed by atoms with Gasteiger partial charge in [0.1, 0.15) is 11.9 Å². The number of aliphatic hydroxyl groups excluding tert-OH is 1. The Bertz CT molecular complexity index is 240. The fourth-order valence-electron chi connectivity index (χ4n) is 1.08. The van der Waals surface area contributed by atoms with Gasteiger partial charge in [-0.15, -0.1) is 0 Å². The van der Waals surface area contributed by atoms with Crippen molar-refractivity contribution < 1.29 is 14.0 Å². The van der Waals surface area contributed by atoms with E-state index in [1.165, 1.54) is 0 Å². The Morgan fingerprint density at radius 3 is 2.67 bits per heavy atom. The lowest BCUT2D eigenvalue weighted by Crippen LogP contribution is -2.10. The summed E-state index contributed by atoms with van der Waals surface area (Å²) in [5.74, 6) is 0.628. The van der Waals surface area contributed by atoms with E-state index < -0.39 is 12.8 Å². The zero-order valence-electron chi connectivity index (χ0n) is 7.17. The fraction of sp³-hybridized carbons (Fsp3) is 0.625. The molecule has 1 rings (SSSR count). The van der Waals surface area contributed by atoms with E-state index >= 15 is 0 Å². The van der Waals surface area contributed by atoms with E-state index in [-0.39, 0.29) is 6.42 Å². The number of hydrogen-bond acceptors (Lipinski definition) is 3. The summed E-state index contributed by atoms with van der Waals surface area (Å²) in [5.41, 5.74) is 1.46. The van der Waals surface area contributed by atoms with Gasteiger partial charge in [0.05, 0.1) is 12.3 Å². The highest BCUT2D eigenvalue weighted by molar-refractivity contribution is 5.21. The molecule has 0 fully saturated rings. The summed E-state index contributed by atoms with van der Waals surface area (Å²) in [4.78, 5) is 0. The molecule has 0 aromatic carbocycles. The van der Waals surface area contributed by atoms with Crippen molar-refractivity contribution in [3.05, 3.63) is 17.0 Å². The summed E-state index contributed by atoms with van der Waals surface area (Å²) in [7, 11) is 0. The van der Waals surface area contributed by atoms with Gasteiger partial charge in [0.15, 0.2) is 0 Å². The van der Waals surface area contributed by atoms with E-state index in [2.05, 4.69) is 5.16 Å². The lowest BCUT2D eigenvalue weighted by molar-refractivity contribution is 0.177. The molecule has 0 bridgehead atoms. The molecular weight excluding hydrogens is 161 g/mol. The van der Waals surface area contributed by atoms with E-state index in [0.29, 0.717) is 11.5 Å². The van der Waals surface area contributed by atoms with Gasteiger partial charge in [-0.3, -0.25) is 0 Å². The van der Waals surface area contributed by atoms with Crippen LogP contribution >= 0.6 is 0 Å². The highest BCUT2D eigenvalue weighted by atomic mass is 19.1. The molecule has 1 aromatic rings. The van der Waals surface area contributed by atoms with Crippen LogP contribution in [0.2, 0.25) is 0 Å². The van der Waals surface area contributed by atoms with Crippen LogP contribution in [0.15, 0.2) is 4.52 Å². The minimum Gasteiger partial charge on any atom is -0.393 e. The van der Waals surface area contributed by atoms with Crippen LogP contribution in [0.25, 0.3) is 0 Å². The Labute approximate surface area is 70.2 Å². The lowest BCUT2D eigenvalue weighted by Gasteiger charge is -2.02. The third kappa shape index (κ3) is 1.82. The maximum absolute atomic E-state index is 12.7. The summed E-state index contributed by atoms with van der Waals surface area (Å²) in [6.45, 7) is 3.04. The van der Waals surface area contributed by atoms with E-state index in [0.717, 1.165) is 5.56 Å². The van der Waals surface area contributed by atoms with Crippen LogP contribution in [-0.4, -0.2) is 23.0 Å². The van der Waals surface area contributed by atoms with E-state index in [1.807, 2.05) is 0 Å². The molecule has 0 aliphatic carbocycles. The first-order valence-electron chi connectivity index (χ1n) is 3.81. The molecule has 1 heterocycles. The van der Waals surface area contributed by atoms with Gasteiger partial charge in [-0.1, -0.05) is 5.16 Å². The van der Waals surface area contributed by atoms with Crippen LogP contribution in [0.3, 0.4) is 0 Å². The van der Waals surface area contributed by atoms with Crippen LogP contribution < -0.4 is 0 Å². The second-order valence-electron chi connectivity index (χ2n) is 2.79. The van der Waals surface area contributed by atoms with Crippen molar-refractivity contribution >= 4 is 0 Å². The molecule has 1 aromatic heterocycles. The van der Waals surface area contributed by atoms with Crippen LogP contribution in [0.4, 0.5) is 4.39 Å². The average Bonchev–Trinajstić information content (AvgIpc) is 2.35. The van der Waals surface area contributed by atoms with Crippen molar-refractivity contribution in [2.24, 2.45) is 0 Å². The first kappa shape index (κ1) is 9.19. The number of aliphatic hydroxyl groups is 1. The summed E-state index contributed by atoms with van der Waals surface area (Å²) in [6, 6.07) is 0. The Kier molecular flexibility index (Phi) is 2.81. The number of rotatable bonds is 3. The van der Waals surface area contributed by atoms with Crippen molar-refractivity contribution in [2.75, 3.05) is 6.61 Å². The number of hydrogen-bond donors (Lipinski definition) is 1. The van der Waals surface area contributed by atoms with Gasteiger partial charge in [-0.05, 0) is 13.8 Å². The van der Waals surface area contributed by atoms with Crippen LogP contribution in [0.5, 0.6) is 0 Å². The molecule has 1 atom stereocenters. The molecular formula is C8H12FNO2. The Morgan fingerprint density at radius 1 is 1.58 bits per heavy atom. The SMILES string of the molecule is Cc1noc(C)c1CC(F)CO. The highest BCUT2D eigenvalue weighted by Crippen LogP contribution is 2.15. The summed E-state index contributed by atoms with van der Waals surface area (Å²) >= 11 is 0. The lowest BCUT2D eigenvalue weighted by atomic mass is 10.1. The Balaban J connectivity index is 2.73. The first-order chi connectivity index (χ1) is 5.65. The zero-order valence-corrected chi connectivity index (χ0v) is 7.17. The van der Waals surface area contributed by atoms with Gasteiger partial charge in [-0.25, -0.2) is 4.39 Å². The second kappa shape index (κ2) is 3.67. The molecule has 68 valence electrons. The van der Waals surface area contributed by atoms with Crippen molar-refractivity contribution in [3.8, 4) is 0 Å². The molecule has 0 aliphatic heterocycles. The molecule has 0 spiro atoms. The summed E-state index contributed by atoms with van der Waals surface area (Å²) in [6.07, 6.45) is -1.04. The summed E-state index contributed by atoms with van der Waals surface area (Å²) < 4.78 is 17.6.